The first-order valence-corrected chi connectivity index (χ1v) is 21.2. The predicted molar refractivity (Wildman–Crippen MR) is 232 cm³/mol. The first-order chi connectivity index (χ1) is 27.6. The highest BCUT2D eigenvalue weighted by Crippen LogP contribution is 2.39. The lowest BCUT2D eigenvalue weighted by molar-refractivity contribution is -0.131. The number of likely N-dealkylation sites (N-methyl/N-ethyl adjacent to an activating group) is 1. The van der Waals surface area contributed by atoms with Gasteiger partial charge >= 0.3 is 0 Å². The number of fused-ring (bicyclic) bond motifs is 2. The molecule has 57 heavy (non-hydrogen) atoms. The number of carbonyl (C=O) groups excluding carboxylic acids is 3. The molecule has 0 saturated carbocycles. The SMILES string of the molecule is CCCCc1c(CCCC)c(-c2cc3c(cc2C(=O)N2Cc4ccccc4C[C@H]2C)CN(C(=O)Cc2ccccc2N2CCN(C)CC2)CC3)n(C)c1C.NC=O. The molecule has 0 bridgehead atoms. The smallest absolute Gasteiger partial charge is 0.255 e. The highest BCUT2D eigenvalue weighted by atomic mass is 16.2. The summed E-state index contributed by atoms with van der Waals surface area (Å²) in [6.07, 6.45) is 8.93. The van der Waals surface area contributed by atoms with E-state index in [0.717, 1.165) is 99.8 Å². The Hall–Kier alpha value is -4.89. The van der Waals surface area contributed by atoms with Gasteiger partial charge in [-0.25, -0.2) is 0 Å². The minimum Gasteiger partial charge on any atom is -0.372 e. The first-order valence-electron chi connectivity index (χ1n) is 21.2. The van der Waals surface area contributed by atoms with E-state index >= 15 is 4.79 Å². The minimum absolute atomic E-state index is 0.0876. The standard InChI is InChI=1S/C47H61N5O2.CH3NO/c1-7-9-18-40-34(4)49(6)46(41(40)19-10-8-2)42-28-36-21-22-51(45(53)30-37-16-13-14-20-44(37)50-25-23-48(5)24-26-50)31-39(36)29-43(42)47(54)52-32-38-17-12-11-15-35(38)27-33(52)3;2-1-3/h11-17,20,28-29,33H,7-10,18-19,21-27,30-32H2,1-6H3;1H,(H2,2,3)/t33-;/m1./s1. The van der Waals surface area contributed by atoms with Crippen LogP contribution in [-0.2, 0) is 61.8 Å². The van der Waals surface area contributed by atoms with Gasteiger partial charge in [-0.3, -0.25) is 14.4 Å². The van der Waals surface area contributed by atoms with Gasteiger partial charge in [0.05, 0.1) is 12.1 Å². The molecular formula is C48H64N6O3. The summed E-state index contributed by atoms with van der Waals surface area (Å²) in [5.41, 5.74) is 18.6. The Balaban J connectivity index is 0.00000177. The summed E-state index contributed by atoms with van der Waals surface area (Å²) < 4.78 is 2.37. The van der Waals surface area contributed by atoms with Gasteiger partial charge in [0, 0.05) is 81.4 Å². The van der Waals surface area contributed by atoms with Crippen LogP contribution in [0.3, 0.4) is 0 Å². The molecule has 9 nitrogen and oxygen atoms in total. The van der Waals surface area contributed by atoms with Crippen LogP contribution in [0.2, 0.25) is 0 Å². The van der Waals surface area contributed by atoms with Crippen molar-refractivity contribution in [2.75, 3.05) is 44.7 Å². The highest BCUT2D eigenvalue weighted by Gasteiger charge is 2.33. The quantitative estimate of drug-likeness (QED) is 0.162. The van der Waals surface area contributed by atoms with Crippen molar-refractivity contribution in [1.29, 1.82) is 0 Å². The number of benzene rings is 3. The summed E-state index contributed by atoms with van der Waals surface area (Å²) in [4.78, 5) is 46.7. The van der Waals surface area contributed by atoms with Gasteiger partial charge in [-0.15, -0.1) is 0 Å². The second-order valence-electron chi connectivity index (χ2n) is 16.4. The van der Waals surface area contributed by atoms with Crippen LogP contribution in [0.1, 0.15) is 101 Å². The van der Waals surface area contributed by atoms with E-state index in [9.17, 15) is 4.79 Å². The second-order valence-corrected chi connectivity index (χ2v) is 16.4. The lowest BCUT2D eigenvalue weighted by Gasteiger charge is -2.36. The Kier molecular flexibility index (Phi) is 13.9. The van der Waals surface area contributed by atoms with E-state index in [1.54, 1.807) is 0 Å². The molecule has 3 aromatic carbocycles. The normalized spacial score (nSPS) is 16.7. The van der Waals surface area contributed by atoms with Crippen molar-refractivity contribution >= 4 is 23.9 Å². The summed E-state index contributed by atoms with van der Waals surface area (Å²) in [5.74, 6) is 0.246. The third-order valence-electron chi connectivity index (χ3n) is 12.6. The molecule has 0 spiro atoms. The molecule has 2 N–H and O–H groups in total. The Morgan fingerprint density at radius 2 is 1.46 bits per heavy atom. The molecule has 1 aromatic heterocycles. The topological polar surface area (TPSA) is 95.1 Å². The maximum absolute atomic E-state index is 15.1. The number of unbranched alkanes of at least 4 members (excludes halogenated alkanes) is 2. The molecule has 7 rings (SSSR count). The van der Waals surface area contributed by atoms with Crippen LogP contribution in [0.15, 0.2) is 60.7 Å². The zero-order valence-electron chi connectivity index (χ0n) is 35.3. The van der Waals surface area contributed by atoms with Crippen LogP contribution in [0.25, 0.3) is 11.3 Å². The lowest BCUT2D eigenvalue weighted by atomic mass is 9.87. The first kappa shape index (κ1) is 41.7. The molecule has 0 unspecified atom stereocenters. The van der Waals surface area contributed by atoms with Crippen molar-refractivity contribution in [1.82, 2.24) is 19.3 Å². The molecular weight excluding hydrogens is 709 g/mol. The summed E-state index contributed by atoms with van der Waals surface area (Å²) in [7, 11) is 4.37. The van der Waals surface area contributed by atoms with Crippen molar-refractivity contribution < 1.29 is 14.4 Å². The molecule has 1 fully saturated rings. The highest BCUT2D eigenvalue weighted by molar-refractivity contribution is 6.02. The number of hydrogen-bond donors (Lipinski definition) is 1. The average molecular weight is 773 g/mol. The molecule has 3 aliphatic heterocycles. The zero-order valence-corrected chi connectivity index (χ0v) is 35.3. The van der Waals surface area contributed by atoms with Gasteiger partial charge in [-0.05, 0) is 117 Å². The van der Waals surface area contributed by atoms with E-state index in [-0.39, 0.29) is 24.3 Å². The van der Waals surface area contributed by atoms with Crippen molar-refractivity contribution in [3.05, 3.63) is 111 Å². The van der Waals surface area contributed by atoms with E-state index in [2.05, 4.69) is 127 Å². The molecule has 3 amide bonds. The van der Waals surface area contributed by atoms with Crippen LogP contribution in [-0.4, -0.2) is 83.3 Å². The third-order valence-corrected chi connectivity index (χ3v) is 12.6. The van der Waals surface area contributed by atoms with E-state index in [4.69, 9.17) is 4.79 Å². The Morgan fingerprint density at radius 3 is 2.16 bits per heavy atom. The van der Waals surface area contributed by atoms with Crippen LogP contribution in [0, 0.1) is 6.92 Å². The van der Waals surface area contributed by atoms with Gasteiger partial charge in [0.15, 0.2) is 0 Å². The summed E-state index contributed by atoms with van der Waals surface area (Å²) >= 11 is 0. The molecule has 3 aliphatic rings. The summed E-state index contributed by atoms with van der Waals surface area (Å²) in [5, 5.41) is 0. The number of amides is 3. The monoisotopic (exact) mass is 773 g/mol. The lowest BCUT2D eigenvalue weighted by Crippen LogP contribution is -2.45. The minimum atomic E-state index is 0.0876. The van der Waals surface area contributed by atoms with Gasteiger partial charge in [0.25, 0.3) is 5.91 Å². The summed E-state index contributed by atoms with van der Waals surface area (Å²) in [6, 6.07) is 21.6. The van der Waals surface area contributed by atoms with Gasteiger partial charge in [-0.2, -0.15) is 0 Å². The maximum Gasteiger partial charge on any atom is 0.255 e. The molecule has 4 aromatic rings. The number of nitrogens with zero attached hydrogens (tertiary/aromatic N) is 5. The number of rotatable bonds is 11. The zero-order chi connectivity index (χ0) is 40.6. The predicted octanol–water partition coefficient (Wildman–Crippen LogP) is 7.25. The molecule has 0 radical (unpaired) electrons. The number of carbonyl (C=O) groups is 3. The maximum atomic E-state index is 15.1. The number of aromatic nitrogens is 1. The Morgan fingerprint density at radius 1 is 0.807 bits per heavy atom. The van der Waals surface area contributed by atoms with Gasteiger partial charge < -0.3 is 29.9 Å². The van der Waals surface area contributed by atoms with Crippen LogP contribution < -0.4 is 10.6 Å². The van der Waals surface area contributed by atoms with Gasteiger partial charge in [0.2, 0.25) is 12.3 Å². The number of hydrogen-bond acceptors (Lipinski definition) is 5. The van der Waals surface area contributed by atoms with Crippen LogP contribution in [0.4, 0.5) is 5.69 Å². The van der Waals surface area contributed by atoms with E-state index in [1.165, 1.54) is 44.9 Å². The number of anilines is 1. The van der Waals surface area contributed by atoms with E-state index in [0.29, 0.717) is 26.1 Å². The fourth-order valence-corrected chi connectivity index (χ4v) is 9.18. The largest absolute Gasteiger partial charge is 0.372 e. The molecule has 304 valence electrons. The fourth-order valence-electron chi connectivity index (χ4n) is 9.18. The average Bonchev–Trinajstić information content (AvgIpc) is 3.45. The fraction of sp³-hybridized carbons (Fsp3) is 0.479. The van der Waals surface area contributed by atoms with Crippen molar-refractivity contribution in [2.45, 2.75) is 105 Å². The molecule has 1 saturated heterocycles. The van der Waals surface area contributed by atoms with Crippen molar-refractivity contribution in [3.63, 3.8) is 0 Å². The third kappa shape index (κ3) is 9.14. The molecule has 9 heteroatoms. The Bertz CT molecular complexity index is 2040. The van der Waals surface area contributed by atoms with E-state index in [1.807, 2.05) is 4.90 Å². The molecule has 1 atom stereocenters. The molecule has 4 heterocycles. The number of piperazine rings is 1. The van der Waals surface area contributed by atoms with Crippen LogP contribution in [0.5, 0.6) is 0 Å². The van der Waals surface area contributed by atoms with E-state index < -0.39 is 0 Å². The number of nitrogens with two attached hydrogens (primary N) is 1. The molecule has 0 aliphatic carbocycles. The van der Waals surface area contributed by atoms with Gasteiger partial charge in [0.1, 0.15) is 0 Å². The number of para-hydroxylation sites is 1. The van der Waals surface area contributed by atoms with Crippen LogP contribution >= 0.6 is 0 Å². The number of primary amides is 1. The summed E-state index contributed by atoms with van der Waals surface area (Å²) in [6.45, 7) is 14.8. The Labute approximate surface area is 340 Å². The van der Waals surface area contributed by atoms with Gasteiger partial charge in [-0.1, -0.05) is 69.2 Å². The van der Waals surface area contributed by atoms with Crippen molar-refractivity contribution in [2.24, 2.45) is 12.8 Å². The van der Waals surface area contributed by atoms with Crippen molar-refractivity contribution in [3.8, 4) is 11.3 Å². The second kappa shape index (κ2) is 19.0.